The molecule has 0 bridgehead atoms. The van der Waals surface area contributed by atoms with Gasteiger partial charge in [0.05, 0.1) is 12.2 Å². The lowest BCUT2D eigenvalue weighted by molar-refractivity contribution is -0.122. The topological polar surface area (TPSA) is 57.3 Å². The number of hydrogen-bond acceptors (Lipinski definition) is 4. The van der Waals surface area contributed by atoms with Gasteiger partial charge >= 0.3 is 0 Å². The summed E-state index contributed by atoms with van der Waals surface area (Å²) in [5.41, 5.74) is 0.972. The number of carbonyl (C=O) groups is 1. The normalized spacial score (nSPS) is 14.5. The predicted molar refractivity (Wildman–Crippen MR) is 75.9 cm³/mol. The van der Waals surface area contributed by atoms with Crippen LogP contribution in [0.3, 0.4) is 0 Å². The fourth-order valence-corrected chi connectivity index (χ4v) is 1.93. The van der Waals surface area contributed by atoms with E-state index >= 15 is 0 Å². The summed E-state index contributed by atoms with van der Waals surface area (Å²) in [6, 6.07) is 6.34. The van der Waals surface area contributed by atoms with Crippen molar-refractivity contribution in [3.8, 4) is 0 Å². The Morgan fingerprint density at radius 2 is 2.26 bits per heavy atom. The Balaban J connectivity index is 1.81. The van der Waals surface area contributed by atoms with Crippen molar-refractivity contribution < 1.29 is 4.79 Å². The van der Waals surface area contributed by atoms with Crippen molar-refractivity contribution in [3.63, 3.8) is 0 Å². The molecule has 1 fully saturated rings. The third-order valence-corrected chi connectivity index (χ3v) is 2.95. The van der Waals surface area contributed by atoms with Crippen LogP contribution in [0, 0.1) is 0 Å². The monoisotopic (exact) mass is 262 g/mol. The maximum atomic E-state index is 11.7. The van der Waals surface area contributed by atoms with E-state index in [1.807, 2.05) is 37.1 Å². The van der Waals surface area contributed by atoms with Crippen LogP contribution in [0.15, 0.2) is 18.2 Å². The first-order valence-electron chi connectivity index (χ1n) is 6.85. The van der Waals surface area contributed by atoms with Gasteiger partial charge in [-0.25, -0.2) is 4.98 Å². The van der Waals surface area contributed by atoms with Crippen LogP contribution in [0.2, 0.25) is 0 Å². The molecule has 2 rings (SSSR count). The highest BCUT2D eigenvalue weighted by atomic mass is 16.2. The fourth-order valence-electron chi connectivity index (χ4n) is 1.93. The van der Waals surface area contributed by atoms with Crippen molar-refractivity contribution in [2.24, 2.45) is 0 Å². The summed E-state index contributed by atoms with van der Waals surface area (Å²) in [7, 11) is 1.94. The zero-order valence-electron chi connectivity index (χ0n) is 11.6. The van der Waals surface area contributed by atoms with Gasteiger partial charge in [0.1, 0.15) is 5.82 Å². The van der Waals surface area contributed by atoms with Gasteiger partial charge < -0.3 is 10.6 Å². The molecule has 104 valence electrons. The summed E-state index contributed by atoms with van der Waals surface area (Å²) >= 11 is 0. The van der Waals surface area contributed by atoms with E-state index in [9.17, 15) is 4.79 Å². The zero-order valence-corrected chi connectivity index (χ0v) is 11.6. The molecular formula is C14H22N4O. The number of rotatable bonds is 7. The van der Waals surface area contributed by atoms with Crippen LogP contribution in [0.5, 0.6) is 0 Å². The van der Waals surface area contributed by atoms with Gasteiger partial charge in [0, 0.05) is 19.1 Å². The van der Waals surface area contributed by atoms with Crippen LogP contribution < -0.4 is 10.6 Å². The second kappa shape index (κ2) is 6.52. The summed E-state index contributed by atoms with van der Waals surface area (Å²) in [6.07, 6.45) is 2.25. The number of pyridine rings is 1. The van der Waals surface area contributed by atoms with Gasteiger partial charge in [-0.3, -0.25) is 9.69 Å². The predicted octanol–water partition coefficient (Wildman–Crippen LogP) is 1.22. The smallest absolute Gasteiger partial charge is 0.234 e. The molecule has 0 saturated heterocycles. The molecule has 1 saturated carbocycles. The molecule has 0 spiro atoms. The van der Waals surface area contributed by atoms with Gasteiger partial charge in [-0.2, -0.15) is 0 Å². The number of nitrogens with zero attached hydrogens (tertiary/aromatic N) is 2. The molecule has 2 N–H and O–H groups in total. The highest BCUT2D eigenvalue weighted by Gasteiger charge is 2.23. The van der Waals surface area contributed by atoms with Crippen molar-refractivity contribution in [3.05, 3.63) is 23.9 Å². The molecule has 19 heavy (non-hydrogen) atoms. The molecule has 1 heterocycles. The zero-order chi connectivity index (χ0) is 13.7. The van der Waals surface area contributed by atoms with Gasteiger partial charge in [0.2, 0.25) is 5.91 Å². The van der Waals surface area contributed by atoms with Crippen LogP contribution >= 0.6 is 0 Å². The van der Waals surface area contributed by atoms with E-state index in [2.05, 4.69) is 15.6 Å². The molecule has 5 nitrogen and oxygen atoms in total. The number of amides is 1. The number of likely N-dealkylation sites (N-methyl/N-ethyl adjacent to an activating group) is 1. The Labute approximate surface area is 114 Å². The molecule has 1 aromatic heterocycles. The minimum Gasteiger partial charge on any atom is -0.370 e. The second-order valence-electron chi connectivity index (χ2n) is 5.06. The van der Waals surface area contributed by atoms with Gasteiger partial charge in [-0.1, -0.05) is 6.07 Å². The average molecular weight is 262 g/mol. The summed E-state index contributed by atoms with van der Waals surface area (Å²) < 4.78 is 0. The minimum atomic E-state index is 0.104. The van der Waals surface area contributed by atoms with E-state index in [0.717, 1.165) is 30.9 Å². The molecule has 0 atom stereocenters. The number of hydrogen-bond donors (Lipinski definition) is 2. The lowest BCUT2D eigenvalue weighted by Crippen LogP contribution is -2.36. The fraction of sp³-hybridized carbons (Fsp3) is 0.571. The number of aromatic nitrogens is 1. The molecule has 0 aromatic carbocycles. The van der Waals surface area contributed by atoms with Crippen LogP contribution in [0.1, 0.15) is 25.5 Å². The number of anilines is 1. The Bertz CT molecular complexity index is 431. The second-order valence-corrected chi connectivity index (χ2v) is 5.06. The first-order valence-corrected chi connectivity index (χ1v) is 6.85. The Hall–Kier alpha value is -1.62. The molecule has 1 aliphatic rings. The van der Waals surface area contributed by atoms with Crippen molar-refractivity contribution in [1.29, 1.82) is 0 Å². The third-order valence-electron chi connectivity index (χ3n) is 2.95. The first-order chi connectivity index (χ1) is 9.17. The van der Waals surface area contributed by atoms with Gasteiger partial charge in [-0.15, -0.1) is 0 Å². The highest BCUT2D eigenvalue weighted by Crippen LogP contribution is 2.18. The Morgan fingerprint density at radius 1 is 1.47 bits per heavy atom. The molecule has 1 aromatic rings. The van der Waals surface area contributed by atoms with E-state index in [1.54, 1.807) is 0 Å². The lowest BCUT2D eigenvalue weighted by Gasteiger charge is -2.16. The molecule has 1 aliphatic carbocycles. The van der Waals surface area contributed by atoms with E-state index in [4.69, 9.17) is 0 Å². The molecule has 0 aliphatic heterocycles. The molecular weight excluding hydrogens is 240 g/mol. The van der Waals surface area contributed by atoms with Crippen LogP contribution in [-0.2, 0) is 11.3 Å². The standard InChI is InChI=1S/C14H22N4O/c1-3-15-13-6-4-5-12(16-13)9-18(2)10-14(19)17-11-7-8-11/h4-6,11H,3,7-10H2,1-2H3,(H,15,16)(H,17,19). The van der Waals surface area contributed by atoms with Gasteiger partial charge in [0.25, 0.3) is 0 Å². The van der Waals surface area contributed by atoms with E-state index in [-0.39, 0.29) is 5.91 Å². The summed E-state index contributed by atoms with van der Waals surface area (Å²) in [6.45, 7) is 4.00. The van der Waals surface area contributed by atoms with Gasteiger partial charge in [-0.05, 0) is 38.9 Å². The van der Waals surface area contributed by atoms with E-state index in [0.29, 0.717) is 19.1 Å². The third kappa shape index (κ3) is 4.87. The molecule has 0 unspecified atom stereocenters. The van der Waals surface area contributed by atoms with Crippen LogP contribution in [0.4, 0.5) is 5.82 Å². The SMILES string of the molecule is CCNc1cccc(CN(C)CC(=O)NC2CC2)n1. The number of carbonyl (C=O) groups excluding carboxylic acids is 1. The maximum Gasteiger partial charge on any atom is 0.234 e. The average Bonchev–Trinajstić information content (AvgIpc) is 3.13. The van der Waals surface area contributed by atoms with Gasteiger partial charge in [0.15, 0.2) is 0 Å². The quantitative estimate of drug-likeness (QED) is 0.776. The number of nitrogens with one attached hydrogen (secondary N) is 2. The molecule has 5 heteroatoms. The maximum absolute atomic E-state index is 11.7. The van der Waals surface area contributed by atoms with Crippen LogP contribution in [0.25, 0.3) is 0 Å². The first kappa shape index (κ1) is 13.8. The Morgan fingerprint density at radius 3 is 2.95 bits per heavy atom. The van der Waals surface area contributed by atoms with Crippen molar-refractivity contribution >= 4 is 11.7 Å². The summed E-state index contributed by atoms with van der Waals surface area (Å²) in [4.78, 5) is 18.2. The summed E-state index contributed by atoms with van der Waals surface area (Å²) in [5, 5.41) is 6.18. The van der Waals surface area contributed by atoms with Crippen molar-refractivity contribution in [2.75, 3.05) is 25.5 Å². The minimum absolute atomic E-state index is 0.104. The van der Waals surface area contributed by atoms with E-state index < -0.39 is 0 Å². The molecule has 1 amide bonds. The highest BCUT2D eigenvalue weighted by molar-refractivity contribution is 5.78. The van der Waals surface area contributed by atoms with E-state index in [1.165, 1.54) is 0 Å². The van der Waals surface area contributed by atoms with Crippen molar-refractivity contribution in [1.82, 2.24) is 15.2 Å². The van der Waals surface area contributed by atoms with Crippen LogP contribution in [-0.4, -0.2) is 42.0 Å². The Kier molecular flexibility index (Phi) is 4.74. The summed E-state index contributed by atoms with van der Waals surface area (Å²) in [5.74, 6) is 0.990. The van der Waals surface area contributed by atoms with Crippen molar-refractivity contribution in [2.45, 2.75) is 32.4 Å². The lowest BCUT2D eigenvalue weighted by atomic mass is 10.3. The molecule has 0 radical (unpaired) electrons. The largest absolute Gasteiger partial charge is 0.370 e.